The lowest BCUT2D eigenvalue weighted by atomic mass is 9.86. The van der Waals surface area contributed by atoms with E-state index in [-0.39, 0.29) is 17.5 Å². The fraction of sp³-hybridized carbons (Fsp3) is 0.625. The van der Waals surface area contributed by atoms with E-state index in [4.69, 9.17) is 9.47 Å². The van der Waals surface area contributed by atoms with E-state index in [1.165, 1.54) is 23.6 Å². The Bertz CT molecular complexity index is 466. The van der Waals surface area contributed by atoms with E-state index in [1.807, 2.05) is 18.7 Å². The van der Waals surface area contributed by atoms with Crippen molar-refractivity contribution in [2.45, 2.75) is 44.3 Å². The molecule has 2 aliphatic rings. The van der Waals surface area contributed by atoms with Crippen molar-refractivity contribution in [3.63, 3.8) is 0 Å². The van der Waals surface area contributed by atoms with Crippen LogP contribution in [0, 0.1) is 12.7 Å². The molecule has 110 valence electrons. The summed E-state index contributed by atoms with van der Waals surface area (Å²) in [7, 11) is 0. The molecule has 0 bridgehead atoms. The number of aryl methyl sites for hydroxylation is 1. The zero-order valence-corrected chi connectivity index (χ0v) is 12.7. The van der Waals surface area contributed by atoms with Gasteiger partial charge in [-0.3, -0.25) is 0 Å². The van der Waals surface area contributed by atoms with E-state index in [0.29, 0.717) is 0 Å². The molecule has 0 aromatic heterocycles. The van der Waals surface area contributed by atoms with Crippen LogP contribution in [0.1, 0.15) is 31.2 Å². The third-order valence-corrected chi connectivity index (χ3v) is 5.27. The van der Waals surface area contributed by atoms with E-state index in [0.717, 1.165) is 43.6 Å². The molecule has 0 saturated carbocycles. The Morgan fingerprint density at radius 1 is 1.35 bits per heavy atom. The summed E-state index contributed by atoms with van der Waals surface area (Å²) in [6.45, 7) is 2.67. The van der Waals surface area contributed by atoms with Gasteiger partial charge in [-0.2, -0.15) is 11.8 Å². The van der Waals surface area contributed by atoms with Crippen LogP contribution < -0.4 is 4.74 Å². The van der Waals surface area contributed by atoms with Crippen LogP contribution in [-0.2, 0) is 4.74 Å². The molecule has 20 heavy (non-hydrogen) atoms. The number of halogens is 1. The zero-order valence-electron chi connectivity index (χ0n) is 11.9. The van der Waals surface area contributed by atoms with Crippen molar-refractivity contribution in [1.29, 1.82) is 0 Å². The van der Waals surface area contributed by atoms with Gasteiger partial charge in [0.05, 0.1) is 12.2 Å². The second-order valence-corrected chi connectivity index (χ2v) is 7.01. The molecule has 1 atom stereocenters. The van der Waals surface area contributed by atoms with E-state index >= 15 is 0 Å². The van der Waals surface area contributed by atoms with E-state index in [1.54, 1.807) is 6.07 Å². The maximum absolute atomic E-state index is 13.1. The molecule has 1 aromatic carbocycles. The molecule has 2 heterocycles. The first kappa shape index (κ1) is 14.2. The molecule has 0 N–H and O–H groups in total. The van der Waals surface area contributed by atoms with Gasteiger partial charge in [-0.25, -0.2) is 4.39 Å². The summed E-state index contributed by atoms with van der Waals surface area (Å²) < 4.78 is 25.3. The van der Waals surface area contributed by atoms with Crippen LogP contribution in [0.4, 0.5) is 4.39 Å². The Labute approximate surface area is 124 Å². The summed E-state index contributed by atoms with van der Waals surface area (Å²) in [5.41, 5.74) is 0.895. The van der Waals surface area contributed by atoms with Crippen LogP contribution in [-0.4, -0.2) is 29.8 Å². The number of benzene rings is 1. The minimum absolute atomic E-state index is 0.0299. The fourth-order valence-corrected chi connectivity index (χ4v) is 4.34. The molecule has 0 radical (unpaired) electrons. The van der Waals surface area contributed by atoms with E-state index in [2.05, 4.69) is 0 Å². The van der Waals surface area contributed by atoms with Crippen molar-refractivity contribution >= 4 is 11.8 Å². The largest absolute Gasteiger partial charge is 0.490 e. The van der Waals surface area contributed by atoms with Crippen LogP contribution in [0.2, 0.25) is 0 Å². The highest BCUT2D eigenvalue weighted by molar-refractivity contribution is 7.99. The second kappa shape index (κ2) is 5.94. The van der Waals surface area contributed by atoms with Gasteiger partial charge in [0.2, 0.25) is 0 Å². The van der Waals surface area contributed by atoms with Crippen molar-refractivity contribution in [2.24, 2.45) is 0 Å². The minimum Gasteiger partial charge on any atom is -0.490 e. The predicted molar refractivity (Wildman–Crippen MR) is 80.0 cm³/mol. The maximum Gasteiger partial charge on any atom is 0.123 e. The van der Waals surface area contributed by atoms with Crippen LogP contribution in [0.3, 0.4) is 0 Å². The molecule has 2 fully saturated rings. The first-order chi connectivity index (χ1) is 9.67. The van der Waals surface area contributed by atoms with Gasteiger partial charge in [0, 0.05) is 12.8 Å². The van der Waals surface area contributed by atoms with Crippen molar-refractivity contribution < 1.29 is 13.9 Å². The van der Waals surface area contributed by atoms with Gasteiger partial charge in [0.15, 0.2) is 0 Å². The average molecular weight is 296 g/mol. The number of rotatable bonds is 2. The molecular weight excluding hydrogens is 275 g/mol. The minimum atomic E-state index is -0.206. The number of ether oxygens (including phenoxy) is 2. The van der Waals surface area contributed by atoms with Crippen molar-refractivity contribution in [3.05, 3.63) is 29.6 Å². The first-order valence-electron chi connectivity index (χ1n) is 7.31. The van der Waals surface area contributed by atoms with Crippen LogP contribution >= 0.6 is 11.8 Å². The second-order valence-electron chi connectivity index (χ2n) is 5.79. The van der Waals surface area contributed by atoms with Gasteiger partial charge < -0.3 is 9.47 Å². The molecule has 1 spiro atoms. The highest BCUT2D eigenvalue weighted by atomic mass is 32.2. The van der Waals surface area contributed by atoms with Gasteiger partial charge in [0.25, 0.3) is 0 Å². The summed E-state index contributed by atoms with van der Waals surface area (Å²) in [5, 5.41) is 0. The Morgan fingerprint density at radius 3 is 2.90 bits per heavy atom. The lowest BCUT2D eigenvalue weighted by Gasteiger charge is -2.43. The standard InChI is InChI=1S/C16H21FO2S/c1-12-10-13(17)2-3-15(12)19-14-4-7-18-16(11-14)5-8-20-9-6-16/h2-3,10,14H,4-9,11H2,1H3. The zero-order chi connectivity index (χ0) is 14.0. The SMILES string of the molecule is Cc1cc(F)ccc1OC1CCOC2(CCSCC2)C1. The molecule has 2 saturated heterocycles. The van der Waals surface area contributed by atoms with Crippen LogP contribution in [0.15, 0.2) is 18.2 Å². The summed E-state index contributed by atoms with van der Waals surface area (Å²) in [6.07, 6.45) is 4.33. The highest BCUT2D eigenvalue weighted by Crippen LogP contribution is 2.38. The van der Waals surface area contributed by atoms with Gasteiger partial charge >= 0.3 is 0 Å². The molecule has 1 unspecified atom stereocenters. The van der Waals surface area contributed by atoms with Gasteiger partial charge in [-0.1, -0.05) is 0 Å². The number of hydrogen-bond donors (Lipinski definition) is 0. The number of thioether (sulfide) groups is 1. The maximum atomic E-state index is 13.1. The van der Waals surface area contributed by atoms with Gasteiger partial charge in [-0.15, -0.1) is 0 Å². The normalized spacial score (nSPS) is 25.6. The summed E-state index contributed by atoms with van der Waals surface area (Å²) in [5.74, 6) is 2.96. The molecule has 4 heteroatoms. The topological polar surface area (TPSA) is 18.5 Å². The summed E-state index contributed by atoms with van der Waals surface area (Å²) in [6, 6.07) is 4.74. The van der Waals surface area contributed by atoms with Gasteiger partial charge in [-0.05, 0) is 55.0 Å². The Balaban J connectivity index is 1.68. The Kier molecular flexibility index (Phi) is 4.22. The highest BCUT2D eigenvalue weighted by Gasteiger charge is 2.39. The first-order valence-corrected chi connectivity index (χ1v) is 8.47. The molecule has 1 aromatic rings. The van der Waals surface area contributed by atoms with E-state index < -0.39 is 0 Å². The van der Waals surface area contributed by atoms with Crippen LogP contribution in [0.5, 0.6) is 5.75 Å². The lowest BCUT2D eigenvalue weighted by Crippen LogP contribution is -2.46. The third-order valence-electron chi connectivity index (χ3n) is 4.28. The Morgan fingerprint density at radius 2 is 2.15 bits per heavy atom. The van der Waals surface area contributed by atoms with Crippen LogP contribution in [0.25, 0.3) is 0 Å². The smallest absolute Gasteiger partial charge is 0.123 e. The molecule has 0 amide bonds. The van der Waals surface area contributed by atoms with E-state index in [9.17, 15) is 4.39 Å². The fourth-order valence-electron chi connectivity index (χ4n) is 3.10. The summed E-state index contributed by atoms with van der Waals surface area (Å²) >= 11 is 2.01. The third kappa shape index (κ3) is 3.12. The molecular formula is C16H21FO2S. The average Bonchev–Trinajstić information content (AvgIpc) is 2.43. The monoisotopic (exact) mass is 296 g/mol. The van der Waals surface area contributed by atoms with Gasteiger partial charge in [0.1, 0.15) is 17.7 Å². The quantitative estimate of drug-likeness (QED) is 0.823. The molecule has 3 rings (SSSR count). The molecule has 2 aliphatic heterocycles. The van der Waals surface area contributed by atoms with Crippen molar-refractivity contribution in [1.82, 2.24) is 0 Å². The number of hydrogen-bond acceptors (Lipinski definition) is 3. The predicted octanol–water partition coefficient (Wildman–Crippen LogP) is 3.96. The van der Waals surface area contributed by atoms with Crippen molar-refractivity contribution in [2.75, 3.05) is 18.1 Å². The lowest BCUT2D eigenvalue weighted by molar-refractivity contribution is -0.116. The Hall–Kier alpha value is -0.740. The molecule has 2 nitrogen and oxygen atoms in total. The summed E-state index contributed by atoms with van der Waals surface area (Å²) in [4.78, 5) is 0. The van der Waals surface area contributed by atoms with Crippen molar-refractivity contribution in [3.8, 4) is 5.75 Å². The molecule has 0 aliphatic carbocycles.